The van der Waals surface area contributed by atoms with Gasteiger partial charge in [-0.2, -0.15) is 5.10 Å². The van der Waals surface area contributed by atoms with Crippen molar-refractivity contribution in [3.8, 4) is 5.75 Å². The normalized spacial score (nSPS) is 22.8. The maximum absolute atomic E-state index is 14.4. The number of imide groups is 1. The number of aromatic nitrogens is 2. The maximum Gasteiger partial charge on any atom is 0.328 e. The zero-order valence-electron chi connectivity index (χ0n) is 20.3. The van der Waals surface area contributed by atoms with Crippen molar-refractivity contribution in [3.05, 3.63) is 57.6 Å². The topological polar surface area (TPSA) is 114 Å². The average molecular weight is 554 g/mol. The molecule has 1 N–H and O–H groups in total. The van der Waals surface area contributed by atoms with E-state index in [0.717, 1.165) is 35.9 Å². The van der Waals surface area contributed by atoms with E-state index in [-0.39, 0.29) is 22.9 Å². The van der Waals surface area contributed by atoms with E-state index in [9.17, 15) is 26.8 Å². The van der Waals surface area contributed by atoms with Crippen LogP contribution in [0.5, 0.6) is 5.75 Å². The van der Waals surface area contributed by atoms with Gasteiger partial charge in [0.2, 0.25) is 15.9 Å². The molecule has 2 unspecified atom stereocenters. The van der Waals surface area contributed by atoms with Gasteiger partial charge in [0.05, 0.1) is 25.8 Å². The summed E-state index contributed by atoms with van der Waals surface area (Å²) < 4.78 is 63.8. The molecule has 0 bridgehead atoms. The summed E-state index contributed by atoms with van der Waals surface area (Å²) in [7, 11) is -1.10. The predicted octanol–water partition coefficient (Wildman–Crippen LogP) is 2.67. The summed E-state index contributed by atoms with van der Waals surface area (Å²) in [6, 6.07) is 1.40. The average Bonchev–Trinajstić information content (AvgIpc) is 3.19. The number of aryl methyl sites for hydroxylation is 1. The van der Waals surface area contributed by atoms with Crippen LogP contribution in [0.3, 0.4) is 0 Å². The molecule has 3 aliphatic rings. The fourth-order valence-corrected chi connectivity index (χ4v) is 7.70. The Morgan fingerprint density at radius 1 is 1.19 bits per heavy atom. The quantitative estimate of drug-likeness (QED) is 0.535. The number of fused-ring (bicyclic) bond motifs is 1. The van der Waals surface area contributed by atoms with E-state index < -0.39 is 56.2 Å². The third kappa shape index (κ3) is 4.84. The van der Waals surface area contributed by atoms with Crippen molar-refractivity contribution < 1.29 is 31.5 Å². The largest absolute Gasteiger partial charge is 0.491 e. The monoisotopic (exact) mass is 553 g/mol. The molecule has 2 fully saturated rings. The van der Waals surface area contributed by atoms with E-state index in [1.54, 1.807) is 20.2 Å². The second-order valence-electron chi connectivity index (χ2n) is 9.64. The summed E-state index contributed by atoms with van der Waals surface area (Å²) in [5, 5.41) is 3.15. The number of carbonyl (C=O) groups is 2. The fourth-order valence-electron chi connectivity index (χ4n) is 4.40. The lowest BCUT2D eigenvalue weighted by Gasteiger charge is -2.41. The highest BCUT2D eigenvalue weighted by Crippen LogP contribution is 2.47. The van der Waals surface area contributed by atoms with Gasteiger partial charge in [0.1, 0.15) is 9.61 Å². The first-order chi connectivity index (χ1) is 17.4. The van der Waals surface area contributed by atoms with Gasteiger partial charge in [-0.3, -0.25) is 14.4 Å². The number of benzene rings is 1. The minimum atomic E-state index is -3.93. The number of thioether (sulfide) groups is 1. The molecule has 1 aromatic carbocycles. The van der Waals surface area contributed by atoms with Gasteiger partial charge in [0, 0.05) is 30.9 Å². The Kier molecular flexibility index (Phi) is 6.31. The van der Waals surface area contributed by atoms with Crippen molar-refractivity contribution in [3.63, 3.8) is 0 Å². The molecule has 2 atom stereocenters. The molecule has 0 spiro atoms. The summed E-state index contributed by atoms with van der Waals surface area (Å²) in [6.45, 7) is 1.45. The van der Waals surface area contributed by atoms with Crippen LogP contribution in [0.4, 0.5) is 13.6 Å². The van der Waals surface area contributed by atoms with E-state index in [1.807, 2.05) is 0 Å². The van der Waals surface area contributed by atoms with Crippen LogP contribution in [-0.4, -0.2) is 58.0 Å². The van der Waals surface area contributed by atoms with Gasteiger partial charge in [-0.05, 0) is 43.5 Å². The Balaban J connectivity index is 1.49. The van der Waals surface area contributed by atoms with E-state index >= 15 is 0 Å². The molecule has 198 valence electrons. The summed E-state index contributed by atoms with van der Waals surface area (Å²) in [4.78, 5) is 29.3. The number of nitrogens with one attached hydrogen (secondary N) is 1. The highest BCUT2D eigenvalue weighted by molar-refractivity contribution is 8.18. The first-order valence-electron chi connectivity index (χ1n) is 11.4. The van der Waals surface area contributed by atoms with Gasteiger partial charge < -0.3 is 9.64 Å². The van der Waals surface area contributed by atoms with Crippen LogP contribution >= 0.6 is 11.8 Å². The van der Waals surface area contributed by atoms with Gasteiger partial charge in [0.25, 0.3) is 0 Å². The summed E-state index contributed by atoms with van der Waals surface area (Å²) in [5.41, 5.74) is 0.187. The first-order valence-corrected chi connectivity index (χ1v) is 13.8. The fraction of sp³-hybridized carbons (Fsp3) is 0.435. The molecule has 3 amide bonds. The Hall–Kier alpha value is -2.97. The molecule has 0 radical (unpaired) electrons. The zero-order chi connectivity index (χ0) is 26.7. The summed E-state index contributed by atoms with van der Waals surface area (Å²) >= 11 is 0.873. The number of halogens is 2. The lowest BCUT2D eigenvalue weighted by atomic mass is 10.0. The molecule has 1 aliphatic carbocycles. The third-order valence-electron chi connectivity index (χ3n) is 6.55. The molecule has 1 saturated carbocycles. The number of urea groups is 1. The van der Waals surface area contributed by atoms with Gasteiger partial charge in [-0.15, -0.1) is 0 Å². The lowest BCUT2D eigenvalue weighted by molar-refractivity contribution is -0.135. The highest BCUT2D eigenvalue weighted by atomic mass is 32.3. The zero-order valence-corrected chi connectivity index (χ0v) is 21.9. The summed E-state index contributed by atoms with van der Waals surface area (Å²) in [6.07, 6.45) is 5.93. The van der Waals surface area contributed by atoms with Crippen LogP contribution in [0, 0.1) is 17.6 Å². The number of nitrogens with zero attached hydrogens (tertiary/aromatic N) is 4. The second kappa shape index (κ2) is 9.10. The molecule has 5 rings (SSSR count). The number of rotatable bonds is 8. The second-order valence-corrected chi connectivity index (χ2v) is 12.7. The first kappa shape index (κ1) is 25.7. The Labute approximate surface area is 216 Å². The van der Waals surface area contributed by atoms with Crippen molar-refractivity contribution in [1.29, 1.82) is 0 Å². The van der Waals surface area contributed by atoms with E-state index in [1.165, 1.54) is 21.9 Å². The molecule has 14 heteroatoms. The number of methoxy groups -OCH3 is 1. The van der Waals surface area contributed by atoms with Crippen LogP contribution in [-0.2, 0) is 35.0 Å². The molecule has 37 heavy (non-hydrogen) atoms. The SMILES string of the molecule is COc1c(F)cc(CN2C(=O)N(Cc3cnn(C)c3)C(=O)C3C=C(S(=O)(=O)NC4(C)CC4)SC32)cc1F. The molecule has 3 heterocycles. The molecular formula is C23H25F2N5O5S2. The van der Waals surface area contributed by atoms with Crippen molar-refractivity contribution in [2.45, 2.75) is 43.8 Å². The number of amides is 3. The number of ether oxygens (including phenoxy) is 1. The Morgan fingerprint density at radius 3 is 2.43 bits per heavy atom. The number of sulfonamides is 1. The third-order valence-corrected chi connectivity index (χ3v) is 10.1. The van der Waals surface area contributed by atoms with Gasteiger partial charge in [0.15, 0.2) is 17.4 Å². The van der Waals surface area contributed by atoms with Gasteiger partial charge in [-0.25, -0.2) is 26.7 Å². The molecule has 10 nitrogen and oxygen atoms in total. The van der Waals surface area contributed by atoms with Gasteiger partial charge >= 0.3 is 6.03 Å². The molecule has 1 saturated heterocycles. The minimum Gasteiger partial charge on any atom is -0.491 e. The maximum atomic E-state index is 14.4. The number of hydrogen-bond acceptors (Lipinski definition) is 7. The van der Waals surface area contributed by atoms with E-state index in [4.69, 9.17) is 4.74 Å². The lowest BCUT2D eigenvalue weighted by Crippen LogP contribution is -2.58. The molecular weight excluding hydrogens is 528 g/mol. The minimum absolute atomic E-state index is 0.0582. The predicted molar refractivity (Wildman–Crippen MR) is 130 cm³/mol. The van der Waals surface area contributed by atoms with E-state index in [2.05, 4.69) is 9.82 Å². The number of carbonyl (C=O) groups excluding carboxylic acids is 2. The van der Waals surface area contributed by atoms with Crippen LogP contribution in [0.15, 0.2) is 34.8 Å². The van der Waals surface area contributed by atoms with Crippen LogP contribution < -0.4 is 9.46 Å². The molecule has 2 aliphatic heterocycles. The van der Waals surface area contributed by atoms with Crippen molar-refractivity contribution >= 4 is 33.7 Å². The van der Waals surface area contributed by atoms with Crippen molar-refractivity contribution in [2.24, 2.45) is 13.0 Å². The van der Waals surface area contributed by atoms with Crippen LogP contribution in [0.1, 0.15) is 30.9 Å². The van der Waals surface area contributed by atoms with E-state index in [0.29, 0.717) is 18.4 Å². The Morgan fingerprint density at radius 2 is 1.86 bits per heavy atom. The van der Waals surface area contributed by atoms with Crippen LogP contribution in [0.25, 0.3) is 0 Å². The molecule has 1 aromatic heterocycles. The van der Waals surface area contributed by atoms with Crippen molar-refractivity contribution in [1.82, 2.24) is 24.3 Å². The Bertz CT molecular complexity index is 1400. The molecule has 2 aromatic rings. The van der Waals surface area contributed by atoms with Gasteiger partial charge in [-0.1, -0.05) is 11.8 Å². The standard InChI is InChI=1S/C23H25F2N5O5S2/c1-23(4-5-23)27-37(33,34)18-8-15-20(31)29(12-14-9-26-28(2)10-14)22(32)30(21(15)36-18)11-13-6-16(24)19(35-3)17(25)7-13/h6-10,15,21,27H,4-5,11-12H2,1-3H3. The van der Waals surface area contributed by atoms with Crippen LogP contribution in [0.2, 0.25) is 0 Å². The summed E-state index contributed by atoms with van der Waals surface area (Å²) in [5.74, 6) is -3.96. The smallest absolute Gasteiger partial charge is 0.328 e. The van der Waals surface area contributed by atoms with Crippen molar-refractivity contribution in [2.75, 3.05) is 7.11 Å². The highest BCUT2D eigenvalue weighted by Gasteiger charge is 2.52. The number of hydrogen-bond donors (Lipinski definition) is 1.